The average molecular weight is 204 g/mol. The van der Waals surface area contributed by atoms with E-state index in [1.807, 2.05) is 18.2 Å². The molecule has 0 aliphatic rings. The molecule has 0 fully saturated rings. The monoisotopic (exact) mass is 204 g/mol. The van der Waals surface area contributed by atoms with E-state index in [9.17, 15) is 5.11 Å². The summed E-state index contributed by atoms with van der Waals surface area (Å²) in [5.74, 6) is 0. The van der Waals surface area contributed by atoms with Crippen LogP contribution in [0, 0.1) is 0 Å². The smallest absolute Gasteiger partial charge is 0.0577 e. The van der Waals surface area contributed by atoms with Gasteiger partial charge < -0.3 is 5.11 Å². The summed E-state index contributed by atoms with van der Waals surface area (Å²) in [5.41, 5.74) is 1.30. The molecule has 82 valence electrons. The van der Waals surface area contributed by atoms with Gasteiger partial charge in [-0.1, -0.05) is 49.4 Å². The van der Waals surface area contributed by atoms with Gasteiger partial charge in [-0.25, -0.2) is 0 Å². The Bertz CT molecular complexity index is 277. The van der Waals surface area contributed by atoms with Crippen LogP contribution in [0.5, 0.6) is 0 Å². The number of allylic oxidation sites excluding steroid dienone is 1. The van der Waals surface area contributed by atoms with Crippen molar-refractivity contribution in [3.63, 3.8) is 0 Å². The van der Waals surface area contributed by atoms with Gasteiger partial charge >= 0.3 is 0 Å². The SMILES string of the molecule is CC/C=C/CC(O)CCc1ccccc1. The first-order valence-electron chi connectivity index (χ1n) is 5.70. The molecule has 1 rings (SSSR count). The number of benzene rings is 1. The van der Waals surface area contributed by atoms with Gasteiger partial charge in [-0.2, -0.15) is 0 Å². The van der Waals surface area contributed by atoms with Crippen LogP contribution in [-0.2, 0) is 6.42 Å². The third-order valence-electron chi connectivity index (χ3n) is 2.42. The molecule has 15 heavy (non-hydrogen) atoms. The lowest BCUT2D eigenvalue weighted by atomic mass is 10.0. The van der Waals surface area contributed by atoms with Crippen LogP contribution in [-0.4, -0.2) is 11.2 Å². The summed E-state index contributed by atoms with van der Waals surface area (Å²) in [4.78, 5) is 0. The maximum absolute atomic E-state index is 9.69. The van der Waals surface area contributed by atoms with Crippen molar-refractivity contribution in [2.24, 2.45) is 0 Å². The Morgan fingerprint density at radius 3 is 2.60 bits per heavy atom. The first-order valence-corrected chi connectivity index (χ1v) is 5.70. The van der Waals surface area contributed by atoms with Gasteiger partial charge in [0.05, 0.1) is 6.10 Å². The Hall–Kier alpha value is -1.08. The number of hydrogen-bond donors (Lipinski definition) is 1. The van der Waals surface area contributed by atoms with Gasteiger partial charge in [0.2, 0.25) is 0 Å². The molecule has 1 aromatic rings. The Balaban J connectivity index is 2.22. The Labute approximate surface area is 92.5 Å². The maximum atomic E-state index is 9.69. The highest BCUT2D eigenvalue weighted by molar-refractivity contribution is 5.14. The molecule has 1 aromatic carbocycles. The van der Waals surface area contributed by atoms with Gasteiger partial charge in [-0.3, -0.25) is 0 Å². The van der Waals surface area contributed by atoms with Crippen molar-refractivity contribution in [3.05, 3.63) is 48.0 Å². The second-order valence-corrected chi connectivity index (χ2v) is 3.79. The van der Waals surface area contributed by atoms with Gasteiger partial charge in [0.1, 0.15) is 0 Å². The molecule has 1 heteroatoms. The molecule has 0 amide bonds. The first-order chi connectivity index (χ1) is 7.33. The summed E-state index contributed by atoms with van der Waals surface area (Å²) in [6.45, 7) is 2.10. The Morgan fingerprint density at radius 2 is 1.93 bits per heavy atom. The minimum Gasteiger partial charge on any atom is -0.393 e. The number of aryl methyl sites for hydroxylation is 1. The van der Waals surface area contributed by atoms with E-state index in [0.717, 1.165) is 25.7 Å². The highest BCUT2D eigenvalue weighted by Gasteiger charge is 2.01. The molecule has 1 nitrogen and oxygen atoms in total. The van der Waals surface area contributed by atoms with Gasteiger partial charge in [-0.15, -0.1) is 0 Å². The van der Waals surface area contributed by atoms with Gasteiger partial charge in [0, 0.05) is 0 Å². The third kappa shape index (κ3) is 5.38. The fourth-order valence-corrected chi connectivity index (χ4v) is 1.52. The highest BCUT2D eigenvalue weighted by atomic mass is 16.3. The molecule has 0 spiro atoms. The lowest BCUT2D eigenvalue weighted by Crippen LogP contribution is -2.06. The molecule has 0 heterocycles. The molecular formula is C14H20O. The number of aliphatic hydroxyl groups is 1. The largest absolute Gasteiger partial charge is 0.393 e. The van der Waals surface area contributed by atoms with Crippen molar-refractivity contribution in [1.29, 1.82) is 0 Å². The van der Waals surface area contributed by atoms with E-state index in [1.54, 1.807) is 0 Å². The van der Waals surface area contributed by atoms with Crippen molar-refractivity contribution in [2.45, 2.75) is 38.7 Å². The summed E-state index contributed by atoms with van der Waals surface area (Å²) in [6, 6.07) is 10.3. The lowest BCUT2D eigenvalue weighted by Gasteiger charge is -2.07. The number of hydrogen-bond acceptors (Lipinski definition) is 1. The normalized spacial score (nSPS) is 13.2. The summed E-state index contributed by atoms with van der Waals surface area (Å²) >= 11 is 0. The van der Waals surface area contributed by atoms with E-state index in [4.69, 9.17) is 0 Å². The molecule has 1 N–H and O–H groups in total. The van der Waals surface area contributed by atoms with Crippen LogP contribution in [0.15, 0.2) is 42.5 Å². The standard InChI is InChI=1S/C14H20O/c1-2-3-5-10-14(15)12-11-13-8-6-4-7-9-13/h3-9,14-15H,2,10-12H2,1H3/b5-3+. The molecule has 0 saturated carbocycles. The Kier molecular flexibility index (Phi) is 5.79. The fraction of sp³-hybridized carbons (Fsp3) is 0.429. The topological polar surface area (TPSA) is 20.2 Å². The molecule has 0 saturated heterocycles. The summed E-state index contributed by atoms with van der Waals surface area (Å²) in [7, 11) is 0. The summed E-state index contributed by atoms with van der Waals surface area (Å²) < 4.78 is 0. The predicted molar refractivity (Wildman–Crippen MR) is 64.8 cm³/mol. The van der Waals surface area contributed by atoms with E-state index in [0.29, 0.717) is 0 Å². The summed E-state index contributed by atoms with van der Waals surface area (Å²) in [5, 5.41) is 9.69. The zero-order valence-electron chi connectivity index (χ0n) is 9.39. The van der Waals surface area contributed by atoms with Gasteiger partial charge in [0.15, 0.2) is 0 Å². The van der Waals surface area contributed by atoms with Crippen molar-refractivity contribution in [1.82, 2.24) is 0 Å². The molecule has 0 radical (unpaired) electrons. The number of aliphatic hydroxyl groups excluding tert-OH is 1. The van der Waals surface area contributed by atoms with E-state index in [-0.39, 0.29) is 6.10 Å². The molecule has 0 aliphatic carbocycles. The zero-order valence-corrected chi connectivity index (χ0v) is 9.39. The van der Waals surface area contributed by atoms with Crippen LogP contribution < -0.4 is 0 Å². The first kappa shape index (κ1) is 12.0. The fourth-order valence-electron chi connectivity index (χ4n) is 1.52. The predicted octanol–water partition coefficient (Wildman–Crippen LogP) is 3.34. The second kappa shape index (κ2) is 7.24. The van der Waals surface area contributed by atoms with Crippen LogP contribution in [0.3, 0.4) is 0 Å². The van der Waals surface area contributed by atoms with E-state index >= 15 is 0 Å². The molecule has 0 aromatic heterocycles. The van der Waals surface area contributed by atoms with Crippen LogP contribution >= 0.6 is 0 Å². The van der Waals surface area contributed by atoms with Crippen molar-refractivity contribution in [3.8, 4) is 0 Å². The van der Waals surface area contributed by atoms with Crippen molar-refractivity contribution >= 4 is 0 Å². The quantitative estimate of drug-likeness (QED) is 0.705. The Morgan fingerprint density at radius 1 is 1.20 bits per heavy atom. The average Bonchev–Trinajstić information content (AvgIpc) is 2.28. The van der Waals surface area contributed by atoms with Crippen LogP contribution in [0.4, 0.5) is 0 Å². The van der Waals surface area contributed by atoms with Gasteiger partial charge in [0.25, 0.3) is 0 Å². The van der Waals surface area contributed by atoms with E-state index in [2.05, 4.69) is 31.2 Å². The maximum Gasteiger partial charge on any atom is 0.0577 e. The van der Waals surface area contributed by atoms with Crippen molar-refractivity contribution in [2.75, 3.05) is 0 Å². The van der Waals surface area contributed by atoms with Crippen molar-refractivity contribution < 1.29 is 5.11 Å². The molecule has 0 bridgehead atoms. The second-order valence-electron chi connectivity index (χ2n) is 3.79. The zero-order chi connectivity index (χ0) is 10.9. The van der Waals surface area contributed by atoms with Crippen LogP contribution in [0.1, 0.15) is 31.7 Å². The molecule has 0 aliphatic heterocycles. The minimum absolute atomic E-state index is 0.201. The number of rotatable bonds is 6. The lowest BCUT2D eigenvalue weighted by molar-refractivity contribution is 0.168. The van der Waals surface area contributed by atoms with Crippen LogP contribution in [0.25, 0.3) is 0 Å². The highest BCUT2D eigenvalue weighted by Crippen LogP contribution is 2.07. The third-order valence-corrected chi connectivity index (χ3v) is 2.42. The summed E-state index contributed by atoms with van der Waals surface area (Å²) in [6.07, 6.45) is 7.60. The van der Waals surface area contributed by atoms with E-state index < -0.39 is 0 Å². The molecular weight excluding hydrogens is 184 g/mol. The molecule has 1 atom stereocenters. The van der Waals surface area contributed by atoms with Gasteiger partial charge in [-0.05, 0) is 31.2 Å². The van der Waals surface area contributed by atoms with E-state index in [1.165, 1.54) is 5.56 Å². The van der Waals surface area contributed by atoms with Crippen LogP contribution in [0.2, 0.25) is 0 Å². The minimum atomic E-state index is -0.201. The molecule has 1 unspecified atom stereocenters.